The Kier molecular flexibility index (Phi) is 6.34. The van der Waals surface area contributed by atoms with Gasteiger partial charge >= 0.3 is 0 Å². The lowest BCUT2D eigenvalue weighted by Crippen LogP contribution is -2.32. The van der Waals surface area contributed by atoms with E-state index >= 15 is 0 Å². The van der Waals surface area contributed by atoms with Gasteiger partial charge < -0.3 is 20.6 Å². The van der Waals surface area contributed by atoms with Crippen molar-refractivity contribution in [3.63, 3.8) is 0 Å². The first kappa shape index (κ1) is 21.1. The maximum absolute atomic E-state index is 13.0. The van der Waals surface area contributed by atoms with E-state index < -0.39 is 0 Å². The Morgan fingerprint density at radius 3 is 2.74 bits per heavy atom. The molecule has 0 spiro atoms. The molecule has 3 N–H and O–H groups in total. The first-order valence-electron chi connectivity index (χ1n) is 9.96. The summed E-state index contributed by atoms with van der Waals surface area (Å²) in [5, 5.41) is 16.7. The van der Waals surface area contributed by atoms with E-state index in [1.807, 2.05) is 6.07 Å². The lowest BCUT2D eigenvalue weighted by atomic mass is 10.2. The summed E-state index contributed by atoms with van der Waals surface area (Å²) in [6.07, 6.45) is 2.48. The number of rotatable bonds is 6. The van der Waals surface area contributed by atoms with Crippen LogP contribution in [0.1, 0.15) is 22.3 Å². The van der Waals surface area contributed by atoms with Gasteiger partial charge in [0.1, 0.15) is 17.4 Å². The molecule has 1 atom stereocenters. The van der Waals surface area contributed by atoms with Crippen molar-refractivity contribution in [2.75, 3.05) is 23.3 Å². The van der Waals surface area contributed by atoms with Crippen LogP contribution in [0.25, 0.3) is 0 Å². The Balaban J connectivity index is 1.31. The third-order valence-electron chi connectivity index (χ3n) is 5.25. The Labute approximate surface area is 184 Å². The van der Waals surface area contributed by atoms with Gasteiger partial charge in [0.05, 0.1) is 5.56 Å². The first-order valence-corrected chi connectivity index (χ1v) is 10.3. The second-order valence-electron chi connectivity index (χ2n) is 7.45. The topological polar surface area (TPSA) is 77.5 Å². The van der Waals surface area contributed by atoms with Gasteiger partial charge in [0.15, 0.2) is 0 Å². The second-order valence-corrected chi connectivity index (χ2v) is 7.89. The minimum absolute atomic E-state index is 0.225. The fourth-order valence-electron chi connectivity index (χ4n) is 3.53. The van der Waals surface area contributed by atoms with Crippen molar-refractivity contribution in [3.05, 3.63) is 82.8 Å². The van der Waals surface area contributed by atoms with Crippen LogP contribution in [0.4, 0.5) is 15.9 Å². The van der Waals surface area contributed by atoms with Crippen LogP contribution >= 0.6 is 11.6 Å². The van der Waals surface area contributed by atoms with E-state index in [-0.39, 0.29) is 23.5 Å². The van der Waals surface area contributed by atoms with Crippen molar-refractivity contribution in [1.82, 2.24) is 10.3 Å². The lowest BCUT2D eigenvalue weighted by molar-refractivity contribution is 0.102. The monoisotopic (exact) mass is 440 g/mol. The van der Waals surface area contributed by atoms with E-state index in [1.165, 1.54) is 24.3 Å². The summed E-state index contributed by atoms with van der Waals surface area (Å²) in [4.78, 5) is 18.9. The fraction of sp³-hybridized carbons (Fsp3) is 0.217. The number of phenolic OH excluding ortho intramolecular Hbond substituents is 1. The first-order chi connectivity index (χ1) is 15.0. The molecule has 1 aliphatic rings. The number of amides is 1. The Hall–Kier alpha value is -3.16. The molecule has 0 radical (unpaired) electrons. The lowest BCUT2D eigenvalue weighted by Gasteiger charge is -2.18. The average molecular weight is 441 g/mol. The highest BCUT2D eigenvalue weighted by Crippen LogP contribution is 2.23. The van der Waals surface area contributed by atoms with Crippen LogP contribution in [-0.4, -0.2) is 35.1 Å². The highest BCUT2D eigenvalue weighted by atomic mass is 35.5. The Morgan fingerprint density at radius 1 is 1.19 bits per heavy atom. The summed E-state index contributed by atoms with van der Waals surface area (Å²) < 4.78 is 13.0. The molecular weight excluding hydrogens is 419 g/mol. The third kappa shape index (κ3) is 5.31. The molecule has 1 fully saturated rings. The normalized spacial score (nSPS) is 15.8. The van der Waals surface area contributed by atoms with Gasteiger partial charge in [0.2, 0.25) is 0 Å². The number of hydrogen-bond acceptors (Lipinski definition) is 5. The summed E-state index contributed by atoms with van der Waals surface area (Å²) in [6.45, 7) is 2.14. The fourth-order valence-corrected chi connectivity index (χ4v) is 3.72. The van der Waals surface area contributed by atoms with Crippen molar-refractivity contribution in [2.45, 2.75) is 19.0 Å². The Bertz CT molecular complexity index is 1060. The van der Waals surface area contributed by atoms with E-state index in [2.05, 4.69) is 20.5 Å². The second kappa shape index (κ2) is 9.32. The SMILES string of the molecule is O=C(Nc1ccc(F)cc1)c1ccc(N2CC[C@H](NCc3cc(Cl)ccc3O)C2)nc1. The van der Waals surface area contributed by atoms with Gasteiger partial charge in [-0.1, -0.05) is 11.6 Å². The quantitative estimate of drug-likeness (QED) is 0.535. The van der Waals surface area contributed by atoms with Crippen LogP contribution in [0.3, 0.4) is 0 Å². The van der Waals surface area contributed by atoms with Crippen LogP contribution in [0.2, 0.25) is 5.02 Å². The number of nitrogens with one attached hydrogen (secondary N) is 2. The molecule has 160 valence electrons. The maximum atomic E-state index is 13.0. The van der Waals surface area contributed by atoms with Crippen molar-refractivity contribution < 1.29 is 14.3 Å². The van der Waals surface area contributed by atoms with Crippen LogP contribution < -0.4 is 15.5 Å². The number of carbonyl (C=O) groups is 1. The van der Waals surface area contributed by atoms with Gasteiger partial charge in [0, 0.05) is 48.1 Å². The molecule has 0 aliphatic carbocycles. The number of aromatic hydroxyl groups is 1. The number of nitrogens with zero attached hydrogens (tertiary/aromatic N) is 2. The van der Waals surface area contributed by atoms with E-state index in [0.717, 1.165) is 30.9 Å². The van der Waals surface area contributed by atoms with Gasteiger partial charge in [-0.05, 0) is 61.0 Å². The number of carbonyl (C=O) groups excluding carboxylic acids is 1. The van der Waals surface area contributed by atoms with E-state index in [9.17, 15) is 14.3 Å². The Morgan fingerprint density at radius 2 is 2.00 bits per heavy atom. The van der Waals surface area contributed by atoms with Gasteiger partial charge in [-0.2, -0.15) is 0 Å². The molecule has 2 heterocycles. The van der Waals surface area contributed by atoms with Crippen molar-refractivity contribution in [1.29, 1.82) is 0 Å². The van der Waals surface area contributed by atoms with Gasteiger partial charge in [0.25, 0.3) is 5.91 Å². The molecule has 4 rings (SSSR count). The van der Waals surface area contributed by atoms with E-state index in [0.29, 0.717) is 22.8 Å². The zero-order valence-electron chi connectivity index (χ0n) is 16.7. The van der Waals surface area contributed by atoms with Gasteiger partial charge in [-0.15, -0.1) is 0 Å². The number of hydrogen-bond donors (Lipinski definition) is 3. The van der Waals surface area contributed by atoms with Crippen LogP contribution in [-0.2, 0) is 6.54 Å². The zero-order valence-corrected chi connectivity index (χ0v) is 17.4. The van der Waals surface area contributed by atoms with Crippen molar-refractivity contribution >= 4 is 29.0 Å². The molecule has 8 heteroatoms. The molecule has 0 bridgehead atoms. The number of aromatic nitrogens is 1. The summed E-state index contributed by atoms with van der Waals surface area (Å²) in [6, 6.07) is 14.4. The van der Waals surface area contributed by atoms with Gasteiger partial charge in [-0.25, -0.2) is 9.37 Å². The summed E-state index contributed by atoms with van der Waals surface area (Å²) in [5.41, 5.74) is 1.72. The largest absolute Gasteiger partial charge is 0.508 e. The molecule has 1 amide bonds. The number of halogens is 2. The molecule has 0 saturated carbocycles. The predicted molar refractivity (Wildman–Crippen MR) is 119 cm³/mol. The molecule has 1 saturated heterocycles. The number of benzene rings is 2. The summed E-state index contributed by atoms with van der Waals surface area (Å²) in [7, 11) is 0. The molecule has 2 aromatic carbocycles. The third-order valence-corrected chi connectivity index (χ3v) is 5.48. The van der Waals surface area contributed by atoms with Gasteiger partial charge in [-0.3, -0.25) is 4.79 Å². The van der Waals surface area contributed by atoms with E-state index in [4.69, 9.17) is 11.6 Å². The minimum atomic E-state index is -0.355. The molecule has 0 unspecified atom stereocenters. The standard InChI is InChI=1S/C23H22ClFN4O2/c24-17-2-7-21(30)16(11-17)13-26-20-9-10-29(14-20)22-8-1-15(12-27-22)23(31)28-19-5-3-18(25)4-6-19/h1-8,11-12,20,26,30H,9-10,13-14H2,(H,28,31)/t20-/m0/s1. The van der Waals surface area contributed by atoms with E-state index in [1.54, 1.807) is 30.5 Å². The van der Waals surface area contributed by atoms with Crippen LogP contribution in [0.5, 0.6) is 5.75 Å². The average Bonchev–Trinajstić information content (AvgIpc) is 3.25. The predicted octanol–water partition coefficient (Wildman–Crippen LogP) is 4.20. The molecule has 1 aromatic heterocycles. The number of pyridine rings is 1. The van der Waals surface area contributed by atoms with Crippen LogP contribution in [0, 0.1) is 5.82 Å². The highest BCUT2D eigenvalue weighted by molar-refractivity contribution is 6.30. The summed E-state index contributed by atoms with van der Waals surface area (Å²) in [5.74, 6) is 0.371. The maximum Gasteiger partial charge on any atom is 0.257 e. The highest BCUT2D eigenvalue weighted by Gasteiger charge is 2.23. The molecule has 31 heavy (non-hydrogen) atoms. The molecule has 1 aliphatic heterocycles. The number of phenols is 1. The molecule has 6 nitrogen and oxygen atoms in total. The van der Waals surface area contributed by atoms with Crippen molar-refractivity contribution in [3.8, 4) is 5.75 Å². The number of anilines is 2. The van der Waals surface area contributed by atoms with Crippen molar-refractivity contribution in [2.24, 2.45) is 0 Å². The summed E-state index contributed by atoms with van der Waals surface area (Å²) >= 11 is 6.00. The molecule has 3 aromatic rings. The minimum Gasteiger partial charge on any atom is -0.508 e. The zero-order chi connectivity index (χ0) is 21.8. The molecular formula is C23H22ClFN4O2. The van der Waals surface area contributed by atoms with Crippen LogP contribution in [0.15, 0.2) is 60.8 Å². The smallest absolute Gasteiger partial charge is 0.257 e.